The fraction of sp³-hybridized carbons (Fsp3) is 0.200. The van der Waals surface area contributed by atoms with Crippen molar-refractivity contribution in [1.82, 2.24) is 19.5 Å². The van der Waals surface area contributed by atoms with Crippen LogP contribution in [0.1, 0.15) is 18.8 Å². The van der Waals surface area contributed by atoms with Gasteiger partial charge in [0.05, 0.1) is 24.3 Å². The molecule has 0 aliphatic rings. The first-order valence-corrected chi connectivity index (χ1v) is 6.56. The summed E-state index contributed by atoms with van der Waals surface area (Å²) in [6, 6.07) is 8.43. The fourth-order valence-electron chi connectivity index (χ4n) is 2.27. The van der Waals surface area contributed by atoms with Crippen molar-refractivity contribution in [1.29, 1.82) is 0 Å². The molecule has 20 heavy (non-hydrogen) atoms. The Morgan fingerprint density at radius 2 is 2.05 bits per heavy atom. The van der Waals surface area contributed by atoms with Crippen molar-refractivity contribution in [3.63, 3.8) is 0 Å². The summed E-state index contributed by atoms with van der Waals surface area (Å²) < 4.78 is 2.02. The van der Waals surface area contributed by atoms with Gasteiger partial charge in [0.25, 0.3) is 0 Å². The molecule has 0 radical (unpaired) electrons. The lowest BCUT2D eigenvalue weighted by Gasteiger charge is -2.15. The number of anilines is 1. The van der Waals surface area contributed by atoms with Crippen molar-refractivity contribution in [3.05, 3.63) is 55.0 Å². The first-order valence-electron chi connectivity index (χ1n) is 6.56. The molecule has 2 N–H and O–H groups in total. The van der Waals surface area contributed by atoms with Gasteiger partial charge in [-0.1, -0.05) is 12.1 Å². The third kappa shape index (κ3) is 2.42. The molecule has 102 valence electrons. The van der Waals surface area contributed by atoms with Crippen molar-refractivity contribution >= 4 is 5.69 Å². The zero-order valence-electron chi connectivity index (χ0n) is 11.5. The number of nitrogens with zero attached hydrogens (tertiary/aromatic N) is 3. The topological polar surface area (TPSA) is 58.5 Å². The molecule has 1 atom stereocenters. The molecule has 1 unspecified atom stereocenters. The quantitative estimate of drug-likeness (QED) is 0.764. The van der Waals surface area contributed by atoms with Gasteiger partial charge >= 0.3 is 0 Å². The van der Waals surface area contributed by atoms with Gasteiger partial charge in [-0.15, -0.1) is 0 Å². The maximum atomic E-state index is 4.36. The molecule has 0 fully saturated rings. The maximum Gasteiger partial charge on any atom is 0.130 e. The zero-order chi connectivity index (χ0) is 13.9. The van der Waals surface area contributed by atoms with Gasteiger partial charge in [-0.2, -0.15) is 0 Å². The Bertz CT molecular complexity index is 667. The van der Waals surface area contributed by atoms with E-state index in [1.54, 1.807) is 6.33 Å². The van der Waals surface area contributed by atoms with Crippen LogP contribution in [0.25, 0.3) is 11.3 Å². The Balaban J connectivity index is 1.74. The molecule has 1 aromatic carbocycles. The predicted octanol–water partition coefficient (Wildman–Crippen LogP) is 2.98. The van der Waals surface area contributed by atoms with Crippen LogP contribution in [-0.4, -0.2) is 19.5 Å². The molecular formula is C15H17N5. The van der Waals surface area contributed by atoms with E-state index in [0.717, 1.165) is 22.8 Å². The van der Waals surface area contributed by atoms with Gasteiger partial charge in [0.2, 0.25) is 0 Å². The van der Waals surface area contributed by atoms with Gasteiger partial charge in [-0.3, -0.25) is 0 Å². The molecule has 0 bridgehead atoms. The lowest BCUT2D eigenvalue weighted by molar-refractivity contribution is 0.722. The average molecular weight is 267 g/mol. The van der Waals surface area contributed by atoms with E-state index in [1.165, 1.54) is 0 Å². The van der Waals surface area contributed by atoms with Gasteiger partial charge in [0, 0.05) is 25.1 Å². The number of rotatable bonds is 4. The van der Waals surface area contributed by atoms with Crippen LogP contribution in [0.3, 0.4) is 0 Å². The smallest absolute Gasteiger partial charge is 0.130 e. The van der Waals surface area contributed by atoms with Gasteiger partial charge in [0.1, 0.15) is 5.82 Å². The van der Waals surface area contributed by atoms with E-state index in [1.807, 2.05) is 30.2 Å². The van der Waals surface area contributed by atoms with E-state index in [9.17, 15) is 0 Å². The van der Waals surface area contributed by atoms with Gasteiger partial charge < -0.3 is 14.9 Å². The number of H-pyrrole nitrogens is 1. The van der Waals surface area contributed by atoms with Crippen LogP contribution >= 0.6 is 0 Å². The highest BCUT2D eigenvalue weighted by Gasteiger charge is 2.09. The van der Waals surface area contributed by atoms with Crippen LogP contribution in [0.2, 0.25) is 0 Å². The number of nitrogens with one attached hydrogen (secondary N) is 2. The van der Waals surface area contributed by atoms with Gasteiger partial charge in [0.15, 0.2) is 0 Å². The minimum atomic E-state index is 0.160. The summed E-state index contributed by atoms with van der Waals surface area (Å²) in [4.78, 5) is 11.5. The van der Waals surface area contributed by atoms with E-state index in [4.69, 9.17) is 0 Å². The summed E-state index contributed by atoms with van der Waals surface area (Å²) in [5.74, 6) is 1.02. The SMILES string of the molecule is CC(Nc1ccc(-c2cnc[nH]2)cc1)c1nccn1C. The molecule has 5 nitrogen and oxygen atoms in total. The molecule has 0 aliphatic carbocycles. The molecule has 0 saturated carbocycles. The zero-order valence-corrected chi connectivity index (χ0v) is 11.5. The number of hydrogen-bond acceptors (Lipinski definition) is 3. The monoisotopic (exact) mass is 267 g/mol. The molecule has 3 rings (SSSR count). The van der Waals surface area contributed by atoms with Crippen LogP contribution in [0.4, 0.5) is 5.69 Å². The van der Waals surface area contributed by atoms with E-state index in [-0.39, 0.29) is 6.04 Å². The van der Waals surface area contributed by atoms with E-state index >= 15 is 0 Å². The summed E-state index contributed by atoms with van der Waals surface area (Å²) in [5.41, 5.74) is 3.22. The minimum Gasteiger partial charge on any atom is -0.375 e. The number of aromatic nitrogens is 4. The predicted molar refractivity (Wildman–Crippen MR) is 79.3 cm³/mol. The minimum absolute atomic E-state index is 0.160. The van der Waals surface area contributed by atoms with E-state index in [2.05, 4.69) is 51.5 Å². The first-order chi connectivity index (χ1) is 9.74. The van der Waals surface area contributed by atoms with Gasteiger partial charge in [-0.25, -0.2) is 9.97 Å². The fourth-order valence-corrected chi connectivity index (χ4v) is 2.27. The summed E-state index contributed by atoms with van der Waals surface area (Å²) in [7, 11) is 2.00. The lowest BCUT2D eigenvalue weighted by atomic mass is 10.1. The maximum absolute atomic E-state index is 4.36. The second kappa shape index (κ2) is 5.21. The highest BCUT2D eigenvalue weighted by molar-refractivity contribution is 5.62. The Labute approximate surface area is 117 Å². The van der Waals surface area contributed by atoms with Crippen molar-refractivity contribution in [2.45, 2.75) is 13.0 Å². The third-order valence-electron chi connectivity index (χ3n) is 3.32. The molecular weight excluding hydrogens is 250 g/mol. The molecule has 2 aromatic heterocycles. The highest BCUT2D eigenvalue weighted by atomic mass is 15.1. The summed E-state index contributed by atoms with van der Waals surface area (Å²) >= 11 is 0. The summed E-state index contributed by atoms with van der Waals surface area (Å²) in [6.45, 7) is 2.10. The van der Waals surface area contributed by atoms with Crippen molar-refractivity contribution in [2.24, 2.45) is 7.05 Å². The van der Waals surface area contributed by atoms with Crippen LogP contribution in [0.15, 0.2) is 49.2 Å². The summed E-state index contributed by atoms with van der Waals surface area (Å²) in [6.07, 6.45) is 7.27. The van der Waals surface area contributed by atoms with Crippen molar-refractivity contribution in [2.75, 3.05) is 5.32 Å². The molecule has 0 amide bonds. The number of benzene rings is 1. The largest absolute Gasteiger partial charge is 0.375 e. The summed E-state index contributed by atoms with van der Waals surface area (Å²) in [5, 5.41) is 3.45. The Morgan fingerprint density at radius 3 is 2.65 bits per heavy atom. The van der Waals surface area contributed by atoms with Crippen LogP contribution in [0, 0.1) is 0 Å². The van der Waals surface area contributed by atoms with E-state index < -0.39 is 0 Å². The molecule has 3 aromatic rings. The number of imidazole rings is 2. The Kier molecular flexibility index (Phi) is 3.25. The second-order valence-corrected chi connectivity index (χ2v) is 4.81. The molecule has 2 heterocycles. The first kappa shape index (κ1) is 12.5. The standard InChI is InChI=1S/C15H17N5/c1-11(15-17-7-8-20(15)2)19-13-5-3-12(4-6-13)14-9-16-10-18-14/h3-11,19H,1-2H3,(H,16,18). The average Bonchev–Trinajstić information content (AvgIpc) is 3.10. The van der Waals surface area contributed by atoms with Crippen LogP contribution < -0.4 is 5.32 Å². The number of hydrogen-bond donors (Lipinski definition) is 2. The molecule has 0 spiro atoms. The van der Waals surface area contributed by atoms with E-state index in [0.29, 0.717) is 0 Å². The normalized spacial score (nSPS) is 12.3. The van der Waals surface area contributed by atoms with Crippen molar-refractivity contribution in [3.8, 4) is 11.3 Å². The third-order valence-corrected chi connectivity index (χ3v) is 3.32. The van der Waals surface area contributed by atoms with Crippen LogP contribution in [0.5, 0.6) is 0 Å². The molecule has 5 heteroatoms. The van der Waals surface area contributed by atoms with Crippen molar-refractivity contribution < 1.29 is 0 Å². The van der Waals surface area contributed by atoms with Gasteiger partial charge in [-0.05, 0) is 24.6 Å². The molecule has 0 aliphatic heterocycles. The number of aryl methyl sites for hydroxylation is 1. The Hall–Kier alpha value is -2.56. The second-order valence-electron chi connectivity index (χ2n) is 4.81. The number of aromatic amines is 1. The van der Waals surface area contributed by atoms with Crippen LogP contribution in [-0.2, 0) is 7.05 Å². The Morgan fingerprint density at radius 1 is 1.25 bits per heavy atom. The lowest BCUT2D eigenvalue weighted by Crippen LogP contribution is -2.11. The molecule has 0 saturated heterocycles. The highest BCUT2D eigenvalue weighted by Crippen LogP contribution is 2.21.